The average molecular weight is 355 g/mol. The second-order valence-corrected chi connectivity index (χ2v) is 6.49. The first-order valence-electron chi connectivity index (χ1n) is 8.66. The number of amides is 2. The van der Waals surface area contributed by atoms with Crippen LogP contribution in [0.25, 0.3) is 0 Å². The molecule has 0 spiro atoms. The predicted molar refractivity (Wildman–Crippen MR) is 97.1 cm³/mol. The molecule has 1 fully saturated rings. The molecule has 2 aromatic rings. The number of carbonyl (C=O) groups is 2. The first-order chi connectivity index (χ1) is 12.5. The Labute approximate surface area is 152 Å². The molecule has 0 radical (unpaired) electrons. The van der Waals surface area contributed by atoms with Crippen LogP contribution < -0.4 is 11.1 Å². The van der Waals surface area contributed by atoms with E-state index in [-0.39, 0.29) is 36.7 Å². The van der Waals surface area contributed by atoms with Gasteiger partial charge in [0.1, 0.15) is 5.82 Å². The number of rotatable bonds is 5. The van der Waals surface area contributed by atoms with Crippen LogP contribution in [0.2, 0.25) is 0 Å². The summed E-state index contributed by atoms with van der Waals surface area (Å²) >= 11 is 0. The fourth-order valence-electron chi connectivity index (χ4n) is 3.23. The number of hydrogen-bond acceptors (Lipinski definition) is 3. The van der Waals surface area contributed by atoms with Crippen molar-refractivity contribution in [1.29, 1.82) is 0 Å². The summed E-state index contributed by atoms with van der Waals surface area (Å²) in [5, 5.41) is 2.69. The lowest BCUT2D eigenvalue weighted by Gasteiger charge is -2.16. The fourth-order valence-corrected chi connectivity index (χ4v) is 3.23. The zero-order chi connectivity index (χ0) is 18.5. The summed E-state index contributed by atoms with van der Waals surface area (Å²) in [6, 6.07) is 15.2. The Morgan fingerprint density at radius 1 is 1.08 bits per heavy atom. The zero-order valence-electron chi connectivity index (χ0n) is 14.4. The lowest BCUT2D eigenvalue weighted by molar-refractivity contribution is -0.130. The lowest BCUT2D eigenvalue weighted by atomic mass is 9.95. The van der Waals surface area contributed by atoms with Gasteiger partial charge in [0.15, 0.2) is 0 Å². The molecule has 5 nitrogen and oxygen atoms in total. The van der Waals surface area contributed by atoms with Gasteiger partial charge in [0.25, 0.3) is 5.91 Å². The third-order valence-electron chi connectivity index (χ3n) is 4.68. The molecule has 2 amide bonds. The molecule has 1 aliphatic rings. The van der Waals surface area contributed by atoms with Crippen molar-refractivity contribution in [3.8, 4) is 0 Å². The Morgan fingerprint density at radius 2 is 1.77 bits per heavy atom. The zero-order valence-corrected chi connectivity index (χ0v) is 14.4. The van der Waals surface area contributed by atoms with Gasteiger partial charge < -0.3 is 16.0 Å². The minimum atomic E-state index is -0.393. The molecule has 0 aliphatic carbocycles. The molecule has 0 aromatic heterocycles. The van der Waals surface area contributed by atoms with Gasteiger partial charge >= 0.3 is 0 Å². The number of nitrogens with two attached hydrogens (primary N) is 1. The number of nitrogens with zero attached hydrogens (tertiary/aromatic N) is 1. The van der Waals surface area contributed by atoms with Crippen LogP contribution in [0, 0.1) is 5.82 Å². The van der Waals surface area contributed by atoms with Crippen LogP contribution in [0.4, 0.5) is 4.39 Å². The molecular formula is C20H22FN3O2. The van der Waals surface area contributed by atoms with E-state index in [9.17, 15) is 14.0 Å². The van der Waals surface area contributed by atoms with Gasteiger partial charge in [0.2, 0.25) is 5.91 Å². The number of hydrogen-bond donors (Lipinski definition) is 2. The maximum atomic E-state index is 12.9. The van der Waals surface area contributed by atoms with E-state index < -0.39 is 5.82 Å². The van der Waals surface area contributed by atoms with Gasteiger partial charge in [-0.25, -0.2) is 4.39 Å². The minimum Gasteiger partial charge on any atom is -0.352 e. The summed E-state index contributed by atoms with van der Waals surface area (Å²) in [5.74, 6) is -0.611. The van der Waals surface area contributed by atoms with Gasteiger partial charge in [-0.1, -0.05) is 30.3 Å². The number of nitrogens with one attached hydrogen (secondary N) is 1. The van der Waals surface area contributed by atoms with Crippen LogP contribution in [-0.4, -0.2) is 42.4 Å². The molecule has 2 atom stereocenters. The SMILES string of the molecule is N[C@H]1CN(C(=O)CCNC(=O)c2ccc(F)cc2)C[C@@H]1c1ccccc1. The normalized spacial score (nSPS) is 19.4. The molecular weight excluding hydrogens is 333 g/mol. The summed E-state index contributed by atoms with van der Waals surface area (Å²) in [5.41, 5.74) is 7.72. The molecule has 26 heavy (non-hydrogen) atoms. The van der Waals surface area contributed by atoms with E-state index in [1.165, 1.54) is 24.3 Å². The van der Waals surface area contributed by atoms with Gasteiger partial charge in [-0.05, 0) is 29.8 Å². The van der Waals surface area contributed by atoms with Crippen LogP contribution in [0.3, 0.4) is 0 Å². The number of carbonyl (C=O) groups excluding carboxylic acids is 2. The monoisotopic (exact) mass is 355 g/mol. The van der Waals surface area contributed by atoms with Crippen molar-refractivity contribution in [1.82, 2.24) is 10.2 Å². The molecule has 0 bridgehead atoms. The van der Waals surface area contributed by atoms with Crippen molar-refractivity contribution in [3.05, 3.63) is 71.5 Å². The Balaban J connectivity index is 1.48. The molecule has 0 unspecified atom stereocenters. The summed E-state index contributed by atoms with van der Waals surface area (Å²) in [4.78, 5) is 26.1. The maximum absolute atomic E-state index is 12.9. The molecule has 0 saturated carbocycles. The van der Waals surface area contributed by atoms with Crippen molar-refractivity contribution >= 4 is 11.8 Å². The van der Waals surface area contributed by atoms with Crippen molar-refractivity contribution < 1.29 is 14.0 Å². The van der Waals surface area contributed by atoms with Gasteiger partial charge in [-0.2, -0.15) is 0 Å². The van der Waals surface area contributed by atoms with E-state index in [2.05, 4.69) is 5.32 Å². The van der Waals surface area contributed by atoms with Crippen molar-refractivity contribution in [2.24, 2.45) is 5.73 Å². The largest absolute Gasteiger partial charge is 0.352 e. The molecule has 3 N–H and O–H groups in total. The topological polar surface area (TPSA) is 75.4 Å². The van der Waals surface area contributed by atoms with Gasteiger partial charge in [0.05, 0.1) is 0 Å². The molecule has 1 aliphatic heterocycles. The molecule has 1 heterocycles. The highest BCUT2D eigenvalue weighted by Crippen LogP contribution is 2.26. The Morgan fingerprint density at radius 3 is 2.46 bits per heavy atom. The van der Waals surface area contributed by atoms with Crippen LogP contribution in [0.5, 0.6) is 0 Å². The van der Waals surface area contributed by atoms with Gasteiger partial charge in [0, 0.05) is 43.6 Å². The van der Waals surface area contributed by atoms with E-state index in [0.29, 0.717) is 18.7 Å². The molecule has 6 heteroatoms. The lowest BCUT2D eigenvalue weighted by Crippen LogP contribution is -2.34. The van der Waals surface area contributed by atoms with Crippen molar-refractivity contribution in [3.63, 3.8) is 0 Å². The first-order valence-corrected chi connectivity index (χ1v) is 8.66. The van der Waals surface area contributed by atoms with Crippen molar-refractivity contribution in [2.45, 2.75) is 18.4 Å². The Kier molecular flexibility index (Phi) is 5.63. The number of halogens is 1. The van der Waals surface area contributed by atoms with E-state index >= 15 is 0 Å². The summed E-state index contributed by atoms with van der Waals surface area (Å²) in [6.07, 6.45) is 0.209. The molecule has 136 valence electrons. The second-order valence-electron chi connectivity index (χ2n) is 6.49. The Bertz CT molecular complexity index is 764. The van der Waals surface area contributed by atoms with Gasteiger partial charge in [-0.3, -0.25) is 9.59 Å². The fraction of sp³-hybridized carbons (Fsp3) is 0.300. The number of benzene rings is 2. The molecule has 2 aromatic carbocycles. The Hall–Kier alpha value is -2.73. The summed E-state index contributed by atoms with van der Waals surface area (Å²) < 4.78 is 12.9. The van der Waals surface area contributed by atoms with Crippen LogP contribution in [0.15, 0.2) is 54.6 Å². The highest BCUT2D eigenvalue weighted by Gasteiger charge is 2.33. The summed E-state index contributed by atoms with van der Waals surface area (Å²) in [7, 11) is 0. The predicted octanol–water partition coefficient (Wildman–Crippen LogP) is 1.90. The minimum absolute atomic E-state index is 0.0294. The highest BCUT2D eigenvalue weighted by atomic mass is 19.1. The smallest absolute Gasteiger partial charge is 0.251 e. The van der Waals surface area contributed by atoms with Crippen molar-refractivity contribution in [2.75, 3.05) is 19.6 Å². The maximum Gasteiger partial charge on any atom is 0.251 e. The summed E-state index contributed by atoms with van der Waals surface area (Å²) in [6.45, 7) is 1.34. The number of likely N-dealkylation sites (tertiary alicyclic amines) is 1. The van der Waals surface area contributed by atoms with E-state index in [1.807, 2.05) is 30.3 Å². The van der Waals surface area contributed by atoms with Crippen LogP contribution in [0.1, 0.15) is 28.3 Å². The highest BCUT2D eigenvalue weighted by molar-refractivity contribution is 5.94. The van der Waals surface area contributed by atoms with Crippen LogP contribution >= 0.6 is 0 Å². The first kappa shape index (κ1) is 18.1. The third kappa shape index (κ3) is 4.26. The van der Waals surface area contributed by atoms with Crippen LogP contribution in [-0.2, 0) is 4.79 Å². The average Bonchev–Trinajstić information content (AvgIpc) is 3.04. The standard InChI is InChI=1S/C20H22FN3O2/c21-16-8-6-15(7-9-16)20(26)23-11-10-19(25)24-12-17(18(22)13-24)14-4-2-1-3-5-14/h1-9,17-18H,10-13,22H2,(H,23,26)/t17-,18+/m1/s1. The van der Waals surface area contributed by atoms with E-state index in [0.717, 1.165) is 5.56 Å². The molecule has 1 saturated heterocycles. The van der Waals surface area contributed by atoms with E-state index in [4.69, 9.17) is 5.73 Å². The second kappa shape index (κ2) is 8.10. The van der Waals surface area contributed by atoms with E-state index in [1.54, 1.807) is 4.90 Å². The third-order valence-corrected chi connectivity index (χ3v) is 4.68. The molecule has 3 rings (SSSR count). The van der Waals surface area contributed by atoms with Gasteiger partial charge in [-0.15, -0.1) is 0 Å². The quantitative estimate of drug-likeness (QED) is 0.860.